The van der Waals surface area contributed by atoms with Crippen LogP contribution in [0.1, 0.15) is 30.6 Å². The van der Waals surface area contributed by atoms with Gasteiger partial charge in [-0.3, -0.25) is 9.55 Å². The first-order chi connectivity index (χ1) is 7.65. The molecule has 0 saturated carbocycles. The van der Waals surface area contributed by atoms with E-state index >= 15 is 0 Å². The standard InChI is InChI=1S/C11H16N2O2S/c1-7(6-15-2)13-9-5-3-4-8(9)10(16)12-11(13)14/h7H,3-6H2,1-2H3,(H,12,14,16)/t7-/m1/s1. The van der Waals surface area contributed by atoms with Crippen LogP contribution in [0.4, 0.5) is 0 Å². The van der Waals surface area contributed by atoms with Crippen molar-refractivity contribution in [3.63, 3.8) is 0 Å². The molecular formula is C11H16N2O2S. The number of fused-ring (bicyclic) bond motifs is 1. The van der Waals surface area contributed by atoms with Gasteiger partial charge in [0.15, 0.2) is 0 Å². The van der Waals surface area contributed by atoms with Gasteiger partial charge in [0, 0.05) is 18.4 Å². The Morgan fingerprint density at radius 3 is 3.00 bits per heavy atom. The number of methoxy groups -OCH3 is 1. The molecule has 1 heterocycles. The van der Waals surface area contributed by atoms with E-state index in [1.165, 1.54) is 0 Å². The number of nitrogens with zero attached hydrogens (tertiary/aromatic N) is 1. The Kier molecular flexibility index (Phi) is 3.25. The number of H-pyrrole nitrogens is 1. The minimum absolute atomic E-state index is 0.0520. The molecule has 2 rings (SSSR count). The number of hydrogen-bond donors (Lipinski definition) is 1. The molecule has 1 N–H and O–H groups in total. The molecule has 0 spiro atoms. The van der Waals surface area contributed by atoms with Crippen LogP contribution >= 0.6 is 12.2 Å². The van der Waals surface area contributed by atoms with Gasteiger partial charge in [-0.1, -0.05) is 12.2 Å². The van der Waals surface area contributed by atoms with E-state index in [2.05, 4.69) is 4.98 Å². The molecule has 0 fully saturated rings. The fourth-order valence-corrected chi connectivity index (χ4v) is 2.68. The summed E-state index contributed by atoms with van der Waals surface area (Å²) in [4.78, 5) is 14.6. The van der Waals surface area contributed by atoms with Crippen molar-refractivity contribution in [2.24, 2.45) is 0 Å². The van der Waals surface area contributed by atoms with Crippen LogP contribution in [0, 0.1) is 4.64 Å². The molecule has 1 aromatic rings. The minimum atomic E-state index is -0.116. The summed E-state index contributed by atoms with van der Waals surface area (Å²) >= 11 is 5.18. The van der Waals surface area contributed by atoms with E-state index in [1.54, 1.807) is 11.7 Å². The minimum Gasteiger partial charge on any atom is -0.383 e. The van der Waals surface area contributed by atoms with Crippen molar-refractivity contribution in [2.75, 3.05) is 13.7 Å². The average Bonchev–Trinajstić information content (AvgIpc) is 2.66. The van der Waals surface area contributed by atoms with Gasteiger partial charge in [-0.05, 0) is 26.2 Å². The highest BCUT2D eigenvalue weighted by atomic mass is 32.1. The Morgan fingerprint density at radius 1 is 1.56 bits per heavy atom. The third kappa shape index (κ3) is 1.85. The maximum atomic E-state index is 11.9. The molecule has 0 amide bonds. The molecule has 88 valence electrons. The molecule has 0 radical (unpaired) electrons. The van der Waals surface area contributed by atoms with Crippen molar-refractivity contribution in [3.8, 4) is 0 Å². The monoisotopic (exact) mass is 240 g/mol. The second-order valence-corrected chi connectivity index (χ2v) is 4.62. The molecule has 1 aliphatic rings. The van der Waals surface area contributed by atoms with E-state index in [0.717, 1.165) is 30.5 Å². The third-order valence-electron chi connectivity index (χ3n) is 3.04. The smallest absolute Gasteiger partial charge is 0.327 e. The van der Waals surface area contributed by atoms with Crippen LogP contribution < -0.4 is 5.69 Å². The summed E-state index contributed by atoms with van der Waals surface area (Å²) in [6, 6.07) is 0.0520. The number of rotatable bonds is 3. The summed E-state index contributed by atoms with van der Waals surface area (Å²) < 4.78 is 7.51. The van der Waals surface area contributed by atoms with Crippen molar-refractivity contribution in [1.29, 1.82) is 0 Å². The van der Waals surface area contributed by atoms with Crippen LogP contribution in [0.5, 0.6) is 0 Å². The Bertz CT molecular complexity index is 504. The number of nitrogens with one attached hydrogen (secondary N) is 1. The SMILES string of the molecule is COC[C@@H](C)n1c2c(c(=S)[nH]c1=O)CCC2. The molecule has 1 atom stereocenters. The summed E-state index contributed by atoms with van der Waals surface area (Å²) in [6.45, 7) is 2.53. The van der Waals surface area contributed by atoms with E-state index < -0.39 is 0 Å². The van der Waals surface area contributed by atoms with Gasteiger partial charge in [0.05, 0.1) is 12.6 Å². The van der Waals surface area contributed by atoms with Gasteiger partial charge < -0.3 is 4.74 Å². The van der Waals surface area contributed by atoms with Crippen LogP contribution in [0.25, 0.3) is 0 Å². The van der Waals surface area contributed by atoms with Crippen LogP contribution in [-0.4, -0.2) is 23.3 Å². The second kappa shape index (κ2) is 4.51. The first kappa shape index (κ1) is 11.5. The highest BCUT2D eigenvalue weighted by Gasteiger charge is 2.20. The Hall–Kier alpha value is -0.940. The number of aromatic amines is 1. The van der Waals surface area contributed by atoms with Gasteiger partial charge in [-0.25, -0.2) is 4.79 Å². The molecule has 5 heteroatoms. The average molecular weight is 240 g/mol. The Morgan fingerprint density at radius 2 is 2.31 bits per heavy atom. The van der Waals surface area contributed by atoms with Crippen molar-refractivity contribution in [1.82, 2.24) is 9.55 Å². The third-order valence-corrected chi connectivity index (χ3v) is 3.39. The lowest BCUT2D eigenvalue weighted by molar-refractivity contribution is 0.159. The lowest BCUT2D eigenvalue weighted by atomic mass is 10.2. The molecule has 0 bridgehead atoms. The predicted molar refractivity (Wildman–Crippen MR) is 64.5 cm³/mol. The lowest BCUT2D eigenvalue weighted by Gasteiger charge is -2.18. The van der Waals surface area contributed by atoms with Gasteiger partial charge in [-0.15, -0.1) is 0 Å². The quantitative estimate of drug-likeness (QED) is 0.816. The van der Waals surface area contributed by atoms with E-state index in [9.17, 15) is 4.79 Å². The van der Waals surface area contributed by atoms with Crippen LogP contribution in [0.2, 0.25) is 0 Å². The second-order valence-electron chi connectivity index (χ2n) is 4.21. The van der Waals surface area contributed by atoms with Crippen LogP contribution in [-0.2, 0) is 17.6 Å². The molecule has 0 aliphatic heterocycles. The molecule has 1 aromatic heterocycles. The number of aromatic nitrogens is 2. The first-order valence-corrected chi connectivity index (χ1v) is 5.91. The zero-order valence-electron chi connectivity index (χ0n) is 9.58. The van der Waals surface area contributed by atoms with E-state index in [1.807, 2.05) is 6.92 Å². The van der Waals surface area contributed by atoms with Crippen molar-refractivity contribution in [2.45, 2.75) is 32.2 Å². The highest BCUT2D eigenvalue weighted by molar-refractivity contribution is 7.71. The topological polar surface area (TPSA) is 47.0 Å². The summed E-state index contributed by atoms with van der Waals surface area (Å²) in [5.74, 6) is 0. The van der Waals surface area contributed by atoms with E-state index in [0.29, 0.717) is 11.2 Å². The molecule has 4 nitrogen and oxygen atoms in total. The Balaban J connectivity index is 2.57. The summed E-state index contributed by atoms with van der Waals surface area (Å²) in [6.07, 6.45) is 3.00. The van der Waals surface area contributed by atoms with Crippen molar-refractivity contribution in [3.05, 3.63) is 26.4 Å². The van der Waals surface area contributed by atoms with Crippen molar-refractivity contribution >= 4 is 12.2 Å². The molecule has 1 aliphatic carbocycles. The maximum absolute atomic E-state index is 11.9. The van der Waals surface area contributed by atoms with Gasteiger partial charge in [-0.2, -0.15) is 0 Å². The molecule has 16 heavy (non-hydrogen) atoms. The molecule has 0 unspecified atom stereocenters. The molecular weight excluding hydrogens is 224 g/mol. The molecule has 0 saturated heterocycles. The first-order valence-electron chi connectivity index (χ1n) is 5.50. The van der Waals surface area contributed by atoms with Gasteiger partial charge in [0.1, 0.15) is 4.64 Å². The summed E-state index contributed by atoms with van der Waals surface area (Å²) in [5.41, 5.74) is 2.12. The van der Waals surface area contributed by atoms with Crippen LogP contribution in [0.3, 0.4) is 0 Å². The summed E-state index contributed by atoms with van der Waals surface area (Å²) in [5, 5.41) is 0. The number of ether oxygens (including phenoxy) is 1. The maximum Gasteiger partial charge on any atom is 0.327 e. The van der Waals surface area contributed by atoms with Gasteiger partial charge in [0.2, 0.25) is 0 Å². The predicted octanol–water partition coefficient (Wildman–Crippen LogP) is 1.60. The Labute approximate surface area is 99.3 Å². The number of hydrogen-bond acceptors (Lipinski definition) is 3. The summed E-state index contributed by atoms with van der Waals surface area (Å²) in [7, 11) is 1.65. The zero-order valence-corrected chi connectivity index (χ0v) is 10.4. The van der Waals surface area contributed by atoms with Gasteiger partial charge in [0.25, 0.3) is 0 Å². The molecule has 0 aromatic carbocycles. The van der Waals surface area contributed by atoms with E-state index in [4.69, 9.17) is 17.0 Å². The fourth-order valence-electron chi connectivity index (χ4n) is 2.38. The van der Waals surface area contributed by atoms with Crippen molar-refractivity contribution < 1.29 is 4.74 Å². The zero-order chi connectivity index (χ0) is 11.7. The van der Waals surface area contributed by atoms with Crippen LogP contribution in [0.15, 0.2) is 4.79 Å². The largest absolute Gasteiger partial charge is 0.383 e. The normalized spacial score (nSPS) is 16.1. The van der Waals surface area contributed by atoms with E-state index in [-0.39, 0.29) is 11.7 Å². The lowest BCUT2D eigenvalue weighted by Crippen LogP contribution is -2.31. The fraction of sp³-hybridized carbons (Fsp3) is 0.636. The van der Waals surface area contributed by atoms with Gasteiger partial charge >= 0.3 is 5.69 Å². The highest BCUT2D eigenvalue weighted by Crippen LogP contribution is 2.22.